The number of aromatic nitrogens is 2. The standard InChI is InChI=1S/C16H12BrN3O/c1-20-15-5-3-2-4-13(15)14(19-20)10-21-16-7-6-12(17)8-11(16)9-18/h2-8H,10H2,1H3. The van der Waals surface area contributed by atoms with Crippen molar-refractivity contribution in [1.82, 2.24) is 9.78 Å². The van der Waals surface area contributed by atoms with E-state index in [0.717, 1.165) is 21.1 Å². The average Bonchev–Trinajstić information content (AvgIpc) is 2.83. The lowest BCUT2D eigenvalue weighted by molar-refractivity contribution is 0.300. The van der Waals surface area contributed by atoms with E-state index in [0.29, 0.717) is 17.9 Å². The minimum atomic E-state index is 0.331. The lowest BCUT2D eigenvalue weighted by atomic mass is 10.2. The summed E-state index contributed by atoms with van der Waals surface area (Å²) in [6.07, 6.45) is 0. The van der Waals surface area contributed by atoms with Gasteiger partial charge in [0.15, 0.2) is 0 Å². The zero-order valence-electron chi connectivity index (χ0n) is 11.4. The van der Waals surface area contributed by atoms with Crippen LogP contribution in [0, 0.1) is 11.3 Å². The number of nitriles is 1. The molecule has 2 aromatic carbocycles. The Morgan fingerprint density at radius 2 is 2.10 bits per heavy atom. The van der Waals surface area contributed by atoms with E-state index in [1.807, 2.05) is 42.1 Å². The average molecular weight is 342 g/mol. The molecule has 5 heteroatoms. The van der Waals surface area contributed by atoms with Gasteiger partial charge in [0.05, 0.1) is 11.1 Å². The van der Waals surface area contributed by atoms with Crippen molar-refractivity contribution >= 4 is 26.8 Å². The summed E-state index contributed by atoms with van der Waals surface area (Å²) in [4.78, 5) is 0. The largest absolute Gasteiger partial charge is 0.486 e. The summed E-state index contributed by atoms with van der Waals surface area (Å²) < 4.78 is 8.46. The lowest BCUT2D eigenvalue weighted by Gasteiger charge is -2.06. The number of nitrogens with zero attached hydrogens (tertiary/aromatic N) is 3. The van der Waals surface area contributed by atoms with Gasteiger partial charge in [0.1, 0.15) is 24.1 Å². The second-order valence-corrected chi connectivity index (χ2v) is 5.54. The number of hydrogen-bond acceptors (Lipinski definition) is 3. The van der Waals surface area contributed by atoms with Crippen molar-refractivity contribution in [2.45, 2.75) is 6.61 Å². The third-order valence-corrected chi connectivity index (χ3v) is 3.75. The highest BCUT2D eigenvalue weighted by Crippen LogP contribution is 2.24. The number of ether oxygens (including phenoxy) is 1. The molecule has 0 aliphatic carbocycles. The zero-order chi connectivity index (χ0) is 14.8. The van der Waals surface area contributed by atoms with Crippen LogP contribution in [-0.2, 0) is 13.7 Å². The maximum Gasteiger partial charge on any atom is 0.137 e. The van der Waals surface area contributed by atoms with E-state index < -0.39 is 0 Å². The quantitative estimate of drug-likeness (QED) is 0.728. The van der Waals surface area contributed by atoms with E-state index >= 15 is 0 Å². The number of benzene rings is 2. The monoisotopic (exact) mass is 341 g/mol. The summed E-state index contributed by atoms with van der Waals surface area (Å²) in [5.74, 6) is 0.565. The predicted molar refractivity (Wildman–Crippen MR) is 83.9 cm³/mol. The Labute approximate surface area is 130 Å². The summed E-state index contributed by atoms with van der Waals surface area (Å²) in [6, 6.07) is 15.5. The van der Waals surface area contributed by atoms with E-state index in [9.17, 15) is 0 Å². The van der Waals surface area contributed by atoms with Crippen molar-refractivity contribution in [2.24, 2.45) is 7.05 Å². The summed E-state index contributed by atoms with van der Waals surface area (Å²) >= 11 is 3.35. The molecule has 0 N–H and O–H groups in total. The van der Waals surface area contributed by atoms with Gasteiger partial charge in [-0.05, 0) is 24.3 Å². The van der Waals surface area contributed by atoms with Crippen LogP contribution in [0.15, 0.2) is 46.9 Å². The maximum absolute atomic E-state index is 9.15. The fraction of sp³-hybridized carbons (Fsp3) is 0.125. The van der Waals surface area contributed by atoms with Crippen LogP contribution < -0.4 is 4.74 Å². The highest BCUT2D eigenvalue weighted by atomic mass is 79.9. The molecule has 0 fully saturated rings. The molecule has 0 saturated carbocycles. The Morgan fingerprint density at radius 3 is 2.90 bits per heavy atom. The predicted octanol–water partition coefficient (Wildman–Crippen LogP) is 3.79. The third-order valence-electron chi connectivity index (χ3n) is 3.26. The van der Waals surface area contributed by atoms with Crippen molar-refractivity contribution in [2.75, 3.05) is 0 Å². The number of hydrogen-bond donors (Lipinski definition) is 0. The molecule has 0 aliphatic rings. The van der Waals surface area contributed by atoms with Crippen LogP contribution in [0.2, 0.25) is 0 Å². The normalized spacial score (nSPS) is 10.5. The van der Waals surface area contributed by atoms with Crippen molar-refractivity contribution in [3.63, 3.8) is 0 Å². The molecular formula is C16H12BrN3O. The molecular weight excluding hydrogens is 330 g/mol. The number of fused-ring (bicyclic) bond motifs is 1. The first kappa shape index (κ1) is 13.7. The number of para-hydroxylation sites is 1. The van der Waals surface area contributed by atoms with Crippen LogP contribution in [0.1, 0.15) is 11.3 Å². The van der Waals surface area contributed by atoms with Crippen molar-refractivity contribution in [1.29, 1.82) is 5.26 Å². The molecule has 3 aromatic rings. The van der Waals surface area contributed by atoms with E-state index in [4.69, 9.17) is 10.00 Å². The summed E-state index contributed by atoms with van der Waals surface area (Å²) in [5, 5.41) is 14.7. The van der Waals surface area contributed by atoms with Gasteiger partial charge in [-0.25, -0.2) is 0 Å². The van der Waals surface area contributed by atoms with Gasteiger partial charge in [0.25, 0.3) is 0 Å². The van der Waals surface area contributed by atoms with Crippen molar-refractivity contribution in [3.05, 3.63) is 58.2 Å². The molecule has 21 heavy (non-hydrogen) atoms. The van der Waals surface area contributed by atoms with Crippen molar-refractivity contribution in [3.8, 4) is 11.8 Å². The highest BCUT2D eigenvalue weighted by Gasteiger charge is 2.10. The number of aryl methyl sites for hydroxylation is 1. The Hall–Kier alpha value is -2.32. The zero-order valence-corrected chi connectivity index (χ0v) is 13.0. The SMILES string of the molecule is Cn1nc(COc2ccc(Br)cc2C#N)c2ccccc21. The highest BCUT2D eigenvalue weighted by molar-refractivity contribution is 9.10. The first-order valence-electron chi connectivity index (χ1n) is 6.42. The van der Waals surface area contributed by atoms with Gasteiger partial charge < -0.3 is 4.74 Å². The molecule has 0 saturated heterocycles. The molecule has 0 spiro atoms. The third kappa shape index (κ3) is 2.63. The van der Waals surface area contributed by atoms with Crippen LogP contribution in [-0.4, -0.2) is 9.78 Å². The number of halogens is 1. The molecule has 0 radical (unpaired) electrons. The van der Waals surface area contributed by atoms with Gasteiger partial charge >= 0.3 is 0 Å². The van der Waals surface area contributed by atoms with Crippen LogP contribution in [0.25, 0.3) is 10.9 Å². The second-order valence-electron chi connectivity index (χ2n) is 4.63. The fourth-order valence-corrected chi connectivity index (χ4v) is 2.62. The van der Waals surface area contributed by atoms with Gasteiger partial charge in [0, 0.05) is 16.9 Å². The van der Waals surface area contributed by atoms with Gasteiger partial charge in [-0.3, -0.25) is 4.68 Å². The van der Waals surface area contributed by atoms with Crippen molar-refractivity contribution < 1.29 is 4.74 Å². The molecule has 0 amide bonds. The molecule has 0 unspecified atom stereocenters. The van der Waals surface area contributed by atoms with E-state index in [-0.39, 0.29) is 0 Å². The minimum absolute atomic E-state index is 0.331. The smallest absolute Gasteiger partial charge is 0.137 e. The van der Waals surface area contributed by atoms with Crippen LogP contribution >= 0.6 is 15.9 Å². The Bertz CT molecular complexity index is 848. The minimum Gasteiger partial charge on any atom is -0.486 e. The molecule has 0 bridgehead atoms. The molecule has 4 nitrogen and oxygen atoms in total. The topological polar surface area (TPSA) is 50.8 Å². The Balaban J connectivity index is 1.89. The first-order chi connectivity index (χ1) is 10.2. The lowest BCUT2D eigenvalue weighted by Crippen LogP contribution is -1.99. The molecule has 0 aliphatic heterocycles. The molecule has 0 atom stereocenters. The van der Waals surface area contributed by atoms with E-state index in [1.165, 1.54) is 0 Å². The van der Waals surface area contributed by atoms with Gasteiger partial charge in [0.2, 0.25) is 0 Å². The molecule has 1 aromatic heterocycles. The van der Waals surface area contributed by atoms with Crippen LogP contribution in [0.3, 0.4) is 0 Å². The van der Waals surface area contributed by atoms with Gasteiger partial charge in [-0.1, -0.05) is 34.1 Å². The van der Waals surface area contributed by atoms with Gasteiger partial charge in [-0.15, -0.1) is 0 Å². The summed E-state index contributed by atoms with van der Waals surface area (Å²) in [7, 11) is 1.91. The molecule has 3 rings (SSSR count). The molecule has 1 heterocycles. The first-order valence-corrected chi connectivity index (χ1v) is 7.21. The summed E-state index contributed by atoms with van der Waals surface area (Å²) in [5.41, 5.74) is 2.43. The Kier molecular flexibility index (Phi) is 3.63. The van der Waals surface area contributed by atoms with Gasteiger partial charge in [-0.2, -0.15) is 10.4 Å². The van der Waals surface area contributed by atoms with Crippen LogP contribution in [0.5, 0.6) is 5.75 Å². The second kappa shape index (κ2) is 5.58. The van der Waals surface area contributed by atoms with E-state index in [1.54, 1.807) is 12.1 Å². The maximum atomic E-state index is 9.15. The summed E-state index contributed by atoms with van der Waals surface area (Å²) in [6.45, 7) is 0.331. The fourth-order valence-electron chi connectivity index (χ4n) is 2.26. The molecule has 104 valence electrons. The Morgan fingerprint density at radius 1 is 1.29 bits per heavy atom. The number of rotatable bonds is 3. The van der Waals surface area contributed by atoms with Crippen LogP contribution in [0.4, 0.5) is 0 Å². The van der Waals surface area contributed by atoms with E-state index in [2.05, 4.69) is 27.1 Å².